The van der Waals surface area contributed by atoms with E-state index in [1.54, 1.807) is 11.8 Å². The van der Waals surface area contributed by atoms with E-state index in [2.05, 4.69) is 51.0 Å². The van der Waals surface area contributed by atoms with Gasteiger partial charge in [0.2, 0.25) is 0 Å². The zero-order valence-corrected chi connectivity index (χ0v) is 21.3. The lowest BCUT2D eigenvalue weighted by Gasteiger charge is -2.36. The molecule has 1 aliphatic rings. The van der Waals surface area contributed by atoms with Crippen molar-refractivity contribution in [3.05, 3.63) is 0 Å². The molecular formula is C23H44ClNO6. The maximum Gasteiger partial charge on any atom is 0.516 e. The Kier molecular flexibility index (Phi) is 18.7. The van der Waals surface area contributed by atoms with E-state index in [0.717, 1.165) is 19.3 Å². The lowest BCUT2D eigenvalue weighted by molar-refractivity contribution is -0.894. The van der Waals surface area contributed by atoms with Gasteiger partial charge in [-0.2, -0.15) is 0 Å². The lowest BCUT2D eigenvalue weighted by atomic mass is 9.75. The zero-order valence-electron chi connectivity index (χ0n) is 20.5. The SMILES string of the molecule is CCOC(=O)OC(=O)CCC(=O)O[C@@H]1C[C@H](C)CC[C@H]1C(C)C.CC[NH+](CC)CC.[Cl-]. The molecule has 1 rings (SSSR count). The minimum Gasteiger partial charge on any atom is -1.00 e. The third-order valence-electron chi connectivity index (χ3n) is 5.74. The van der Waals surface area contributed by atoms with Crippen molar-refractivity contribution in [3.8, 4) is 0 Å². The molecule has 0 unspecified atom stereocenters. The fourth-order valence-electron chi connectivity index (χ4n) is 3.72. The van der Waals surface area contributed by atoms with Crippen molar-refractivity contribution in [3.63, 3.8) is 0 Å². The molecule has 0 aromatic rings. The summed E-state index contributed by atoms with van der Waals surface area (Å²) in [6.45, 7) is 18.7. The van der Waals surface area contributed by atoms with Gasteiger partial charge in [0.25, 0.3) is 0 Å². The first kappa shape index (κ1) is 31.8. The maximum absolute atomic E-state index is 12.0. The largest absolute Gasteiger partial charge is 1.00 e. The van der Waals surface area contributed by atoms with Gasteiger partial charge in [-0.1, -0.05) is 27.2 Å². The van der Waals surface area contributed by atoms with Gasteiger partial charge in [0.15, 0.2) is 0 Å². The molecule has 3 atom stereocenters. The Bertz CT molecular complexity index is 505. The Labute approximate surface area is 195 Å². The number of esters is 2. The molecule has 0 heterocycles. The molecule has 1 N–H and O–H groups in total. The number of hydrogen-bond donors (Lipinski definition) is 1. The Morgan fingerprint density at radius 1 is 0.935 bits per heavy atom. The Morgan fingerprint density at radius 3 is 1.94 bits per heavy atom. The van der Waals surface area contributed by atoms with E-state index in [4.69, 9.17) is 4.74 Å². The quantitative estimate of drug-likeness (QED) is 0.392. The van der Waals surface area contributed by atoms with Gasteiger partial charge in [0.05, 0.1) is 39.1 Å². The highest BCUT2D eigenvalue weighted by Gasteiger charge is 2.33. The molecule has 1 aliphatic carbocycles. The van der Waals surface area contributed by atoms with Crippen molar-refractivity contribution in [2.75, 3.05) is 26.2 Å². The molecule has 0 aliphatic heterocycles. The van der Waals surface area contributed by atoms with E-state index >= 15 is 0 Å². The first-order chi connectivity index (χ1) is 14.2. The van der Waals surface area contributed by atoms with Gasteiger partial charge in [-0.15, -0.1) is 0 Å². The molecular weight excluding hydrogens is 422 g/mol. The average Bonchev–Trinajstić information content (AvgIpc) is 2.68. The van der Waals surface area contributed by atoms with Crippen LogP contribution >= 0.6 is 0 Å². The fraction of sp³-hybridized carbons (Fsp3) is 0.870. The highest BCUT2D eigenvalue weighted by Crippen LogP contribution is 2.35. The van der Waals surface area contributed by atoms with E-state index in [-0.39, 0.29) is 38.0 Å². The number of rotatable bonds is 9. The highest BCUT2D eigenvalue weighted by molar-refractivity contribution is 5.84. The maximum atomic E-state index is 12.0. The van der Waals surface area contributed by atoms with Gasteiger partial charge in [0.1, 0.15) is 6.10 Å². The van der Waals surface area contributed by atoms with E-state index in [9.17, 15) is 14.4 Å². The monoisotopic (exact) mass is 465 g/mol. The molecule has 0 spiro atoms. The number of quaternary nitrogens is 1. The van der Waals surface area contributed by atoms with E-state index in [1.807, 2.05) is 0 Å². The van der Waals surface area contributed by atoms with Crippen LogP contribution in [0, 0.1) is 17.8 Å². The Balaban J connectivity index is 0. The lowest BCUT2D eigenvalue weighted by Crippen LogP contribution is -3.11. The summed E-state index contributed by atoms with van der Waals surface area (Å²) >= 11 is 0. The van der Waals surface area contributed by atoms with Crippen molar-refractivity contribution in [2.24, 2.45) is 17.8 Å². The molecule has 0 aromatic carbocycles. The van der Waals surface area contributed by atoms with Crippen LogP contribution in [0.3, 0.4) is 0 Å². The van der Waals surface area contributed by atoms with Gasteiger partial charge in [-0.3, -0.25) is 9.59 Å². The van der Waals surface area contributed by atoms with Gasteiger partial charge >= 0.3 is 18.1 Å². The van der Waals surface area contributed by atoms with Crippen molar-refractivity contribution >= 4 is 18.1 Å². The summed E-state index contributed by atoms with van der Waals surface area (Å²) in [6.07, 6.45) is 1.67. The predicted molar refractivity (Wildman–Crippen MR) is 116 cm³/mol. The van der Waals surface area contributed by atoms with Crippen LogP contribution in [-0.4, -0.2) is 50.4 Å². The molecule has 1 saturated carbocycles. The molecule has 1 fully saturated rings. The van der Waals surface area contributed by atoms with Gasteiger partial charge in [-0.25, -0.2) is 4.79 Å². The number of hydrogen-bond acceptors (Lipinski definition) is 6. The summed E-state index contributed by atoms with van der Waals surface area (Å²) < 4.78 is 14.5. The van der Waals surface area contributed by atoms with Gasteiger partial charge < -0.3 is 31.5 Å². The number of nitrogens with one attached hydrogen (secondary N) is 1. The van der Waals surface area contributed by atoms with Crippen LogP contribution in [0.4, 0.5) is 4.79 Å². The summed E-state index contributed by atoms with van der Waals surface area (Å²) in [5.74, 6) is 0.153. The van der Waals surface area contributed by atoms with E-state index < -0.39 is 18.1 Å². The minimum atomic E-state index is -1.04. The standard InChI is InChI=1S/C17H28O6.C6H15N.ClH/c1-5-21-17(20)23-16(19)9-8-15(18)22-14-10-12(4)6-7-13(14)11(2)3;1-4-7(5-2)6-3;/h11-14H,5-10H2,1-4H3;4-6H2,1-3H3;1H/t12-,13+,14-;;/m1../s1. The minimum absolute atomic E-state index is 0. The van der Waals surface area contributed by atoms with E-state index in [1.165, 1.54) is 19.6 Å². The molecule has 0 bridgehead atoms. The fourth-order valence-corrected chi connectivity index (χ4v) is 3.72. The molecule has 0 saturated heterocycles. The third-order valence-corrected chi connectivity index (χ3v) is 5.74. The van der Waals surface area contributed by atoms with Crippen LogP contribution in [-0.2, 0) is 23.8 Å². The van der Waals surface area contributed by atoms with Gasteiger partial charge in [-0.05, 0) is 58.3 Å². The van der Waals surface area contributed by atoms with Crippen LogP contribution in [0.2, 0.25) is 0 Å². The predicted octanol–water partition coefficient (Wildman–Crippen LogP) is 0.405. The Morgan fingerprint density at radius 2 is 1.48 bits per heavy atom. The second kappa shape index (κ2) is 18.3. The number of carbonyl (C=O) groups is 3. The first-order valence-corrected chi connectivity index (χ1v) is 11.6. The summed E-state index contributed by atoms with van der Waals surface area (Å²) in [5, 5.41) is 0. The number of carbonyl (C=O) groups excluding carboxylic acids is 3. The van der Waals surface area contributed by atoms with Gasteiger partial charge in [0, 0.05) is 0 Å². The molecule has 0 aromatic heterocycles. The zero-order chi connectivity index (χ0) is 23.1. The number of halogens is 1. The van der Waals surface area contributed by atoms with Crippen molar-refractivity contribution in [1.82, 2.24) is 0 Å². The molecule has 0 amide bonds. The first-order valence-electron chi connectivity index (χ1n) is 11.6. The number of ether oxygens (including phenoxy) is 3. The van der Waals surface area contributed by atoms with Crippen LogP contribution in [0.1, 0.15) is 80.6 Å². The molecule has 184 valence electrons. The van der Waals surface area contributed by atoms with Crippen LogP contribution in [0.25, 0.3) is 0 Å². The summed E-state index contributed by atoms with van der Waals surface area (Å²) in [6, 6.07) is 0. The van der Waals surface area contributed by atoms with Crippen molar-refractivity contribution in [2.45, 2.75) is 86.7 Å². The normalized spacial score (nSPS) is 20.2. The third kappa shape index (κ3) is 14.4. The Hall–Kier alpha value is -1.34. The smallest absolute Gasteiger partial charge is 0.516 e. The van der Waals surface area contributed by atoms with Crippen molar-refractivity contribution in [1.29, 1.82) is 0 Å². The van der Waals surface area contributed by atoms with Crippen LogP contribution in [0.15, 0.2) is 0 Å². The molecule has 0 radical (unpaired) electrons. The van der Waals surface area contributed by atoms with Crippen LogP contribution < -0.4 is 17.3 Å². The summed E-state index contributed by atoms with van der Waals surface area (Å²) in [4.78, 5) is 36.0. The second-order valence-corrected chi connectivity index (χ2v) is 8.32. The summed E-state index contributed by atoms with van der Waals surface area (Å²) in [5.41, 5.74) is 0. The highest BCUT2D eigenvalue weighted by atomic mass is 35.5. The van der Waals surface area contributed by atoms with E-state index in [0.29, 0.717) is 17.8 Å². The molecule has 8 heteroatoms. The van der Waals surface area contributed by atoms with Crippen LogP contribution in [0.5, 0.6) is 0 Å². The van der Waals surface area contributed by atoms with Crippen molar-refractivity contribution < 1.29 is 45.9 Å². The second-order valence-electron chi connectivity index (χ2n) is 8.32. The molecule has 31 heavy (non-hydrogen) atoms. The topological polar surface area (TPSA) is 83.3 Å². The molecule has 7 nitrogen and oxygen atoms in total. The average molecular weight is 466 g/mol. The summed E-state index contributed by atoms with van der Waals surface area (Å²) in [7, 11) is 0.